The quantitative estimate of drug-likeness (QED) is 0.712. The van der Waals surface area contributed by atoms with Gasteiger partial charge < -0.3 is 5.11 Å². The van der Waals surface area contributed by atoms with Gasteiger partial charge in [-0.3, -0.25) is 0 Å². The summed E-state index contributed by atoms with van der Waals surface area (Å²) in [6.45, 7) is 6.04. The van der Waals surface area contributed by atoms with Crippen molar-refractivity contribution < 1.29 is 9.90 Å². The van der Waals surface area contributed by atoms with Crippen LogP contribution in [0.15, 0.2) is 18.3 Å². The molecule has 0 aliphatic rings. The molecule has 15 heavy (non-hydrogen) atoms. The lowest BCUT2D eigenvalue weighted by Gasteiger charge is -2.06. The van der Waals surface area contributed by atoms with Crippen molar-refractivity contribution in [3.05, 3.63) is 29.6 Å². The molecule has 1 aromatic rings. The molecule has 3 heteroatoms. The molecule has 3 nitrogen and oxygen atoms in total. The number of carboxylic acid groups (broad SMARTS) is 1. The Morgan fingerprint density at radius 2 is 2.07 bits per heavy atom. The third-order valence-electron chi connectivity index (χ3n) is 1.56. The lowest BCUT2D eigenvalue weighted by atomic mass is 9.97. The molecule has 1 rings (SSSR count). The van der Waals surface area contributed by atoms with Gasteiger partial charge in [0.05, 0.1) is 0 Å². The van der Waals surface area contributed by atoms with Crippen LogP contribution in [0.25, 0.3) is 0 Å². The minimum Gasteiger partial charge on any atom is -0.477 e. The maximum Gasteiger partial charge on any atom is 0.354 e. The lowest BCUT2D eigenvalue weighted by Crippen LogP contribution is -2.01. The summed E-state index contributed by atoms with van der Waals surface area (Å²) in [4.78, 5) is 14.3. The minimum absolute atomic E-state index is 0.0382. The van der Waals surface area contributed by atoms with E-state index in [0.717, 1.165) is 5.56 Å². The maximum atomic E-state index is 10.5. The van der Waals surface area contributed by atoms with Gasteiger partial charge in [0.25, 0.3) is 0 Å². The molecule has 0 fully saturated rings. The largest absolute Gasteiger partial charge is 0.477 e. The molecule has 78 valence electrons. The van der Waals surface area contributed by atoms with Gasteiger partial charge in [-0.15, -0.1) is 0 Å². The third-order valence-corrected chi connectivity index (χ3v) is 1.56. The van der Waals surface area contributed by atoms with Crippen LogP contribution in [0.2, 0.25) is 0 Å². The van der Waals surface area contributed by atoms with E-state index >= 15 is 0 Å². The van der Waals surface area contributed by atoms with Gasteiger partial charge in [-0.25, -0.2) is 9.78 Å². The van der Waals surface area contributed by atoms with Crippen molar-refractivity contribution >= 4 is 5.97 Å². The van der Waals surface area contributed by atoms with E-state index in [0.29, 0.717) is 0 Å². The standard InChI is InChI=1S/C12H13NO2/c1-12(2,3)7-6-9-4-5-10(11(14)15)13-8-9/h4-5,8H,1-3H3,(H,14,15). The molecule has 0 aromatic carbocycles. The normalized spacial score (nSPS) is 10.3. The van der Waals surface area contributed by atoms with Gasteiger partial charge in [-0.1, -0.05) is 11.8 Å². The fourth-order valence-corrected chi connectivity index (χ4v) is 0.854. The zero-order valence-corrected chi connectivity index (χ0v) is 9.03. The molecule has 0 atom stereocenters. The summed E-state index contributed by atoms with van der Waals surface area (Å²) < 4.78 is 0. The number of aromatic nitrogens is 1. The van der Waals surface area contributed by atoms with E-state index < -0.39 is 5.97 Å². The molecular formula is C12H13NO2. The van der Waals surface area contributed by atoms with Crippen LogP contribution in [0.1, 0.15) is 36.8 Å². The summed E-state index contributed by atoms with van der Waals surface area (Å²) in [6, 6.07) is 3.12. The van der Waals surface area contributed by atoms with E-state index in [1.54, 1.807) is 6.07 Å². The maximum absolute atomic E-state index is 10.5. The number of carboxylic acids is 1. The summed E-state index contributed by atoms with van der Waals surface area (Å²) in [5.74, 6) is 4.97. The second-order valence-corrected chi connectivity index (χ2v) is 4.24. The van der Waals surface area contributed by atoms with Crippen LogP contribution in [0.5, 0.6) is 0 Å². The zero-order chi connectivity index (χ0) is 11.5. The average Bonchev–Trinajstić information content (AvgIpc) is 2.14. The lowest BCUT2D eigenvalue weighted by molar-refractivity contribution is 0.0690. The van der Waals surface area contributed by atoms with Gasteiger partial charge in [0.2, 0.25) is 0 Å². The van der Waals surface area contributed by atoms with Gasteiger partial charge in [-0.2, -0.15) is 0 Å². The first-order valence-electron chi connectivity index (χ1n) is 4.61. The van der Waals surface area contributed by atoms with E-state index in [1.807, 2.05) is 20.8 Å². The Morgan fingerprint density at radius 3 is 2.47 bits per heavy atom. The summed E-state index contributed by atoms with van der Waals surface area (Å²) in [5, 5.41) is 8.64. The number of hydrogen-bond donors (Lipinski definition) is 1. The highest BCUT2D eigenvalue weighted by molar-refractivity contribution is 5.85. The molecule has 0 unspecified atom stereocenters. The first kappa shape index (κ1) is 11.3. The Balaban J connectivity index is 2.89. The van der Waals surface area contributed by atoms with Gasteiger partial charge in [-0.05, 0) is 32.9 Å². The number of hydrogen-bond acceptors (Lipinski definition) is 2. The molecule has 0 radical (unpaired) electrons. The molecule has 0 saturated heterocycles. The Hall–Kier alpha value is -1.82. The van der Waals surface area contributed by atoms with Crippen LogP contribution in [-0.2, 0) is 0 Å². The second kappa shape index (κ2) is 4.14. The summed E-state index contributed by atoms with van der Waals surface area (Å²) in [7, 11) is 0. The highest BCUT2D eigenvalue weighted by atomic mass is 16.4. The molecule has 1 heterocycles. The molecule has 0 spiro atoms. The predicted octanol–water partition coefficient (Wildman–Crippen LogP) is 2.18. The number of nitrogens with zero attached hydrogens (tertiary/aromatic N) is 1. The van der Waals surface area contributed by atoms with Gasteiger partial charge >= 0.3 is 5.97 Å². The predicted molar refractivity (Wildman–Crippen MR) is 57.5 cm³/mol. The Labute approximate surface area is 89.2 Å². The average molecular weight is 203 g/mol. The van der Waals surface area contributed by atoms with Gasteiger partial charge in [0.15, 0.2) is 0 Å². The van der Waals surface area contributed by atoms with Crippen LogP contribution in [-0.4, -0.2) is 16.1 Å². The molecule has 0 saturated carbocycles. The van der Waals surface area contributed by atoms with E-state index in [2.05, 4.69) is 16.8 Å². The second-order valence-electron chi connectivity index (χ2n) is 4.24. The van der Waals surface area contributed by atoms with Crippen LogP contribution >= 0.6 is 0 Å². The summed E-state index contributed by atoms with van der Waals surface area (Å²) >= 11 is 0. The molecule has 0 aliphatic heterocycles. The van der Waals surface area contributed by atoms with E-state index in [9.17, 15) is 4.79 Å². The number of pyridine rings is 1. The molecule has 1 N–H and O–H groups in total. The number of rotatable bonds is 1. The monoisotopic (exact) mass is 203 g/mol. The Kier molecular flexibility index (Phi) is 3.11. The Morgan fingerprint density at radius 1 is 1.40 bits per heavy atom. The summed E-state index contributed by atoms with van der Waals surface area (Å²) in [6.07, 6.45) is 1.47. The van der Waals surface area contributed by atoms with Crippen molar-refractivity contribution in [2.75, 3.05) is 0 Å². The highest BCUT2D eigenvalue weighted by Gasteiger charge is 2.04. The smallest absolute Gasteiger partial charge is 0.354 e. The van der Waals surface area contributed by atoms with Gasteiger partial charge in [0, 0.05) is 17.2 Å². The fourth-order valence-electron chi connectivity index (χ4n) is 0.854. The fraction of sp³-hybridized carbons (Fsp3) is 0.333. The van der Waals surface area contributed by atoms with Gasteiger partial charge in [0.1, 0.15) is 5.69 Å². The third kappa shape index (κ3) is 3.82. The number of carbonyl (C=O) groups is 1. The van der Waals surface area contributed by atoms with Crippen molar-refractivity contribution in [3.8, 4) is 11.8 Å². The van der Waals surface area contributed by atoms with Crippen LogP contribution in [0, 0.1) is 17.3 Å². The molecule has 0 bridgehead atoms. The Bertz CT molecular complexity index is 416. The zero-order valence-electron chi connectivity index (χ0n) is 9.03. The van der Waals surface area contributed by atoms with E-state index in [1.165, 1.54) is 12.3 Å². The van der Waals surface area contributed by atoms with Crippen molar-refractivity contribution in [2.24, 2.45) is 5.41 Å². The van der Waals surface area contributed by atoms with Crippen LogP contribution < -0.4 is 0 Å². The van der Waals surface area contributed by atoms with E-state index in [-0.39, 0.29) is 11.1 Å². The molecule has 0 aliphatic carbocycles. The highest BCUT2D eigenvalue weighted by Crippen LogP contribution is 2.10. The topological polar surface area (TPSA) is 50.2 Å². The molecule has 0 amide bonds. The van der Waals surface area contributed by atoms with Crippen LogP contribution in [0.4, 0.5) is 0 Å². The first-order valence-corrected chi connectivity index (χ1v) is 4.61. The summed E-state index contributed by atoms with van der Waals surface area (Å²) in [5.41, 5.74) is 0.706. The SMILES string of the molecule is CC(C)(C)C#Cc1ccc(C(=O)O)nc1. The first-order chi connectivity index (χ1) is 6.88. The van der Waals surface area contributed by atoms with Crippen molar-refractivity contribution in [3.63, 3.8) is 0 Å². The van der Waals surface area contributed by atoms with Crippen LogP contribution in [0.3, 0.4) is 0 Å². The molecule has 1 aromatic heterocycles. The minimum atomic E-state index is -1.02. The van der Waals surface area contributed by atoms with Crippen molar-refractivity contribution in [2.45, 2.75) is 20.8 Å². The van der Waals surface area contributed by atoms with E-state index in [4.69, 9.17) is 5.11 Å². The number of aromatic carboxylic acids is 1. The van der Waals surface area contributed by atoms with Crippen molar-refractivity contribution in [1.29, 1.82) is 0 Å². The molecular weight excluding hydrogens is 190 g/mol. The van der Waals surface area contributed by atoms with Crippen molar-refractivity contribution in [1.82, 2.24) is 4.98 Å².